The third kappa shape index (κ3) is 3.77. The molecule has 1 aromatic heterocycles. The van der Waals surface area contributed by atoms with Crippen molar-refractivity contribution in [2.45, 2.75) is 6.04 Å². The van der Waals surface area contributed by atoms with Crippen LogP contribution in [0.15, 0.2) is 48.7 Å². The fourth-order valence-corrected chi connectivity index (χ4v) is 2.49. The fraction of sp³-hybridized carbons (Fsp3) is 0.250. The van der Waals surface area contributed by atoms with E-state index in [1.165, 1.54) is 0 Å². The standard InChI is InChI=1S/C16H16ClN3O.ClH/c17-13-5-3-4-11(8-13)15(14-6-1-2-7-19-14)20-16(21)12-9-18-10-12;/h1-8,12,15,18H,9-10H2,(H,20,21);1H. The second-order valence-electron chi connectivity index (χ2n) is 5.11. The van der Waals surface area contributed by atoms with Crippen molar-refractivity contribution in [3.63, 3.8) is 0 Å². The highest BCUT2D eigenvalue weighted by Crippen LogP contribution is 2.23. The largest absolute Gasteiger partial charge is 0.343 e. The molecule has 2 N–H and O–H groups in total. The molecule has 0 bridgehead atoms. The highest BCUT2D eigenvalue weighted by atomic mass is 35.5. The summed E-state index contributed by atoms with van der Waals surface area (Å²) in [6, 6.07) is 12.9. The van der Waals surface area contributed by atoms with E-state index in [0.29, 0.717) is 5.02 Å². The van der Waals surface area contributed by atoms with Crippen molar-refractivity contribution in [2.24, 2.45) is 5.92 Å². The van der Waals surface area contributed by atoms with Crippen molar-refractivity contribution in [1.82, 2.24) is 15.6 Å². The number of nitrogens with zero attached hydrogens (tertiary/aromatic N) is 1. The molecule has 2 aromatic rings. The van der Waals surface area contributed by atoms with Gasteiger partial charge in [0.05, 0.1) is 17.7 Å². The molecule has 1 fully saturated rings. The maximum atomic E-state index is 12.3. The van der Waals surface area contributed by atoms with Crippen molar-refractivity contribution >= 4 is 29.9 Å². The molecule has 1 saturated heterocycles. The number of aromatic nitrogens is 1. The predicted molar refractivity (Wildman–Crippen MR) is 89.3 cm³/mol. The van der Waals surface area contributed by atoms with Crippen LogP contribution in [0, 0.1) is 5.92 Å². The third-order valence-electron chi connectivity index (χ3n) is 3.60. The maximum absolute atomic E-state index is 12.3. The van der Waals surface area contributed by atoms with E-state index < -0.39 is 0 Å². The molecule has 0 radical (unpaired) electrons. The fourth-order valence-electron chi connectivity index (χ4n) is 2.30. The Labute approximate surface area is 140 Å². The molecule has 1 atom stereocenters. The summed E-state index contributed by atoms with van der Waals surface area (Å²) < 4.78 is 0. The average molecular weight is 338 g/mol. The lowest BCUT2D eigenvalue weighted by Crippen LogP contribution is -2.51. The molecule has 3 rings (SSSR count). The molecule has 22 heavy (non-hydrogen) atoms. The topological polar surface area (TPSA) is 54.0 Å². The van der Waals surface area contributed by atoms with Gasteiger partial charge in [0, 0.05) is 24.3 Å². The lowest BCUT2D eigenvalue weighted by atomic mass is 9.99. The molecule has 1 aliphatic heterocycles. The van der Waals surface area contributed by atoms with E-state index in [4.69, 9.17) is 11.6 Å². The summed E-state index contributed by atoms with van der Waals surface area (Å²) in [6.07, 6.45) is 1.73. The first-order valence-corrected chi connectivity index (χ1v) is 7.29. The Hall–Kier alpha value is -1.62. The van der Waals surface area contributed by atoms with Crippen LogP contribution in [0.25, 0.3) is 0 Å². The van der Waals surface area contributed by atoms with Crippen LogP contribution < -0.4 is 10.6 Å². The summed E-state index contributed by atoms with van der Waals surface area (Å²) in [6.45, 7) is 1.46. The average Bonchev–Trinajstić information content (AvgIpc) is 2.44. The monoisotopic (exact) mass is 337 g/mol. The quantitative estimate of drug-likeness (QED) is 0.901. The number of carbonyl (C=O) groups is 1. The number of amides is 1. The second kappa shape index (κ2) is 7.58. The van der Waals surface area contributed by atoms with Gasteiger partial charge in [-0.05, 0) is 29.8 Å². The molecule has 0 spiro atoms. The minimum Gasteiger partial charge on any atom is -0.343 e. The lowest BCUT2D eigenvalue weighted by molar-refractivity contribution is -0.126. The number of carbonyl (C=O) groups excluding carboxylic acids is 1. The molecule has 1 aromatic carbocycles. The van der Waals surface area contributed by atoms with Crippen LogP contribution in [0.5, 0.6) is 0 Å². The number of pyridine rings is 1. The predicted octanol–water partition coefficient (Wildman–Crippen LogP) is 2.58. The molecule has 1 amide bonds. The third-order valence-corrected chi connectivity index (χ3v) is 3.84. The van der Waals surface area contributed by atoms with Crippen LogP contribution >= 0.6 is 24.0 Å². The van der Waals surface area contributed by atoms with Crippen molar-refractivity contribution < 1.29 is 4.79 Å². The Kier molecular flexibility index (Phi) is 5.77. The smallest absolute Gasteiger partial charge is 0.226 e. The van der Waals surface area contributed by atoms with Gasteiger partial charge in [0.1, 0.15) is 0 Å². The van der Waals surface area contributed by atoms with Gasteiger partial charge in [-0.1, -0.05) is 29.8 Å². The first-order chi connectivity index (χ1) is 10.2. The second-order valence-corrected chi connectivity index (χ2v) is 5.54. The van der Waals surface area contributed by atoms with E-state index in [-0.39, 0.29) is 30.3 Å². The number of benzene rings is 1. The van der Waals surface area contributed by atoms with E-state index in [2.05, 4.69) is 15.6 Å². The highest BCUT2D eigenvalue weighted by Gasteiger charge is 2.28. The number of hydrogen-bond donors (Lipinski definition) is 2. The number of nitrogens with one attached hydrogen (secondary N) is 2. The summed E-state index contributed by atoms with van der Waals surface area (Å²) >= 11 is 6.07. The Balaban J connectivity index is 0.00000176. The van der Waals surface area contributed by atoms with Gasteiger partial charge in [-0.3, -0.25) is 9.78 Å². The van der Waals surface area contributed by atoms with Crippen LogP contribution in [0.3, 0.4) is 0 Å². The summed E-state index contributed by atoms with van der Waals surface area (Å²) in [5, 5.41) is 6.83. The van der Waals surface area contributed by atoms with Crippen LogP contribution in [0.1, 0.15) is 17.3 Å². The van der Waals surface area contributed by atoms with E-state index in [1.807, 2.05) is 42.5 Å². The Bertz CT molecular complexity index is 632. The summed E-state index contributed by atoms with van der Waals surface area (Å²) in [4.78, 5) is 16.6. The normalized spacial score (nSPS) is 15.3. The summed E-state index contributed by atoms with van der Waals surface area (Å²) in [5.41, 5.74) is 1.74. The number of hydrogen-bond acceptors (Lipinski definition) is 3. The number of halogens is 2. The summed E-state index contributed by atoms with van der Waals surface area (Å²) in [5.74, 6) is 0.0831. The molecule has 2 heterocycles. The van der Waals surface area contributed by atoms with E-state index in [9.17, 15) is 4.79 Å². The summed E-state index contributed by atoms with van der Waals surface area (Å²) in [7, 11) is 0. The zero-order valence-corrected chi connectivity index (χ0v) is 13.4. The van der Waals surface area contributed by atoms with Crippen molar-refractivity contribution in [3.05, 3.63) is 64.9 Å². The number of rotatable bonds is 4. The first-order valence-electron chi connectivity index (χ1n) is 6.91. The molecule has 6 heteroatoms. The zero-order chi connectivity index (χ0) is 14.7. The van der Waals surface area contributed by atoms with E-state index in [0.717, 1.165) is 24.3 Å². The molecular weight excluding hydrogens is 321 g/mol. The van der Waals surface area contributed by atoms with E-state index in [1.54, 1.807) is 6.20 Å². The molecule has 0 saturated carbocycles. The molecule has 4 nitrogen and oxygen atoms in total. The van der Waals surface area contributed by atoms with Gasteiger partial charge in [-0.2, -0.15) is 0 Å². The lowest BCUT2D eigenvalue weighted by Gasteiger charge is -2.28. The van der Waals surface area contributed by atoms with Crippen LogP contribution in [-0.2, 0) is 4.79 Å². The minimum absolute atomic E-state index is 0. The van der Waals surface area contributed by atoms with E-state index >= 15 is 0 Å². The van der Waals surface area contributed by atoms with Crippen molar-refractivity contribution in [1.29, 1.82) is 0 Å². The maximum Gasteiger partial charge on any atom is 0.226 e. The molecule has 1 unspecified atom stereocenters. The Morgan fingerprint density at radius 3 is 2.68 bits per heavy atom. The van der Waals surface area contributed by atoms with Gasteiger partial charge in [-0.25, -0.2) is 0 Å². The SMILES string of the molecule is Cl.O=C(NC(c1cccc(Cl)c1)c1ccccn1)C1CNC1. The van der Waals surface area contributed by atoms with Gasteiger partial charge in [-0.15, -0.1) is 12.4 Å². The molecular formula is C16H17Cl2N3O. The van der Waals surface area contributed by atoms with Crippen LogP contribution in [0.2, 0.25) is 5.02 Å². The van der Waals surface area contributed by atoms with Crippen molar-refractivity contribution in [2.75, 3.05) is 13.1 Å². The van der Waals surface area contributed by atoms with Gasteiger partial charge >= 0.3 is 0 Å². The van der Waals surface area contributed by atoms with Gasteiger partial charge < -0.3 is 10.6 Å². The Morgan fingerprint density at radius 2 is 2.09 bits per heavy atom. The first kappa shape index (κ1) is 16.7. The Morgan fingerprint density at radius 1 is 1.27 bits per heavy atom. The molecule has 0 aliphatic carbocycles. The van der Waals surface area contributed by atoms with Crippen molar-refractivity contribution in [3.8, 4) is 0 Å². The zero-order valence-electron chi connectivity index (χ0n) is 11.8. The highest BCUT2D eigenvalue weighted by molar-refractivity contribution is 6.30. The van der Waals surface area contributed by atoms with Gasteiger partial charge in [0.25, 0.3) is 0 Å². The van der Waals surface area contributed by atoms with Gasteiger partial charge in [0.15, 0.2) is 0 Å². The molecule has 116 valence electrons. The molecule has 1 aliphatic rings. The van der Waals surface area contributed by atoms with Crippen LogP contribution in [0.4, 0.5) is 0 Å². The van der Waals surface area contributed by atoms with Crippen LogP contribution in [-0.4, -0.2) is 24.0 Å². The van der Waals surface area contributed by atoms with Gasteiger partial charge in [0.2, 0.25) is 5.91 Å². The minimum atomic E-state index is -0.280.